The molecule has 0 aliphatic rings. The Morgan fingerprint density at radius 1 is 1.21 bits per heavy atom. The number of nitrogens with zero attached hydrogens (tertiary/aromatic N) is 1. The molecule has 0 spiro atoms. The monoisotopic (exact) mass is 350 g/mol. The normalized spacial score (nSPS) is 13.1. The molecule has 0 saturated heterocycles. The van der Waals surface area contributed by atoms with Gasteiger partial charge in [0.05, 0.1) is 5.69 Å². The van der Waals surface area contributed by atoms with Crippen molar-refractivity contribution in [1.29, 1.82) is 0 Å². The molecule has 5 nitrogen and oxygen atoms in total. The van der Waals surface area contributed by atoms with Crippen LogP contribution in [0.15, 0.2) is 54.6 Å². The van der Waals surface area contributed by atoms with Crippen LogP contribution < -0.4 is 9.62 Å². The molecule has 0 saturated carbocycles. The van der Waals surface area contributed by atoms with Crippen LogP contribution >= 0.6 is 0 Å². The Hall–Kier alpha value is -2.25. The zero-order valence-corrected chi connectivity index (χ0v) is 14.0. The lowest BCUT2D eigenvalue weighted by atomic mass is 10.2. The van der Waals surface area contributed by atoms with E-state index >= 15 is 0 Å². The van der Waals surface area contributed by atoms with Gasteiger partial charge in [0, 0.05) is 6.54 Å². The number of aryl methyl sites for hydroxylation is 1. The second kappa shape index (κ2) is 8.56. The summed E-state index contributed by atoms with van der Waals surface area (Å²) in [5, 5.41) is 2.60. The minimum absolute atomic E-state index is 0.218. The summed E-state index contributed by atoms with van der Waals surface area (Å²) >= 11 is -2.53. The molecule has 0 heterocycles. The van der Waals surface area contributed by atoms with E-state index in [-0.39, 0.29) is 6.54 Å². The Morgan fingerprint density at radius 2 is 1.83 bits per heavy atom. The third-order valence-electron chi connectivity index (χ3n) is 3.50. The number of benzene rings is 2. The topological polar surface area (TPSA) is 69.6 Å². The number of rotatable bonds is 7. The van der Waals surface area contributed by atoms with Crippen molar-refractivity contribution in [1.82, 2.24) is 5.32 Å². The zero-order valence-electron chi connectivity index (χ0n) is 13.2. The molecule has 7 heteroatoms. The number of nitrogens with one attached hydrogen (secondary N) is 1. The van der Waals surface area contributed by atoms with Crippen LogP contribution in [0, 0.1) is 6.92 Å². The van der Waals surface area contributed by atoms with Crippen LogP contribution in [0.4, 0.5) is 10.1 Å². The molecular weight excluding hydrogens is 331 g/mol. The van der Waals surface area contributed by atoms with Crippen molar-refractivity contribution in [2.24, 2.45) is 0 Å². The van der Waals surface area contributed by atoms with Gasteiger partial charge in [0.2, 0.25) is 5.91 Å². The van der Waals surface area contributed by atoms with Crippen LogP contribution in [-0.4, -0.2) is 27.4 Å². The van der Waals surface area contributed by atoms with Gasteiger partial charge in [-0.3, -0.25) is 13.7 Å². The third-order valence-corrected chi connectivity index (χ3v) is 4.30. The first-order valence-electron chi connectivity index (χ1n) is 7.37. The van der Waals surface area contributed by atoms with Gasteiger partial charge in [-0.15, -0.1) is 0 Å². The molecule has 24 heavy (non-hydrogen) atoms. The summed E-state index contributed by atoms with van der Waals surface area (Å²) in [5.41, 5.74) is 2.11. The lowest BCUT2D eigenvalue weighted by Crippen LogP contribution is -2.49. The summed E-state index contributed by atoms with van der Waals surface area (Å²) in [4.78, 5) is 12.3. The van der Waals surface area contributed by atoms with Crippen LogP contribution in [0.2, 0.25) is 0 Å². The maximum Gasteiger partial charge on any atom is 0.262 e. The number of halogens is 1. The molecule has 2 rings (SSSR count). The maximum atomic E-state index is 13.5. The molecule has 0 aliphatic heterocycles. The van der Waals surface area contributed by atoms with Gasteiger partial charge in [0.1, 0.15) is 6.67 Å². The first-order valence-corrected chi connectivity index (χ1v) is 8.43. The number of alkyl halides is 1. The standard InChI is InChI=1S/C17H19FN2O3S/c1-13-7-9-15(10-8-13)20(24(22)23)16(11-18)17(21)19-12-14-5-3-2-4-6-14/h2-10,16H,11-12H2,1H3,(H,19,21)(H,22,23). The highest BCUT2D eigenvalue weighted by Crippen LogP contribution is 2.20. The molecule has 2 aromatic rings. The lowest BCUT2D eigenvalue weighted by Gasteiger charge is -2.27. The summed E-state index contributed by atoms with van der Waals surface area (Å²) in [6, 6.07) is 14.4. The molecule has 128 valence electrons. The highest BCUT2D eigenvalue weighted by atomic mass is 32.2. The summed E-state index contributed by atoms with van der Waals surface area (Å²) in [5.74, 6) is -0.649. The van der Waals surface area contributed by atoms with Crippen LogP contribution in [0.25, 0.3) is 0 Å². The minimum atomic E-state index is -2.53. The van der Waals surface area contributed by atoms with Crippen LogP contribution in [0.5, 0.6) is 0 Å². The third kappa shape index (κ3) is 4.62. The Morgan fingerprint density at radius 3 is 2.38 bits per heavy atom. The van der Waals surface area contributed by atoms with Crippen molar-refractivity contribution in [3.8, 4) is 0 Å². The fraction of sp³-hybridized carbons (Fsp3) is 0.235. The summed E-state index contributed by atoms with van der Waals surface area (Å²) in [7, 11) is 0. The molecule has 2 aromatic carbocycles. The van der Waals surface area contributed by atoms with Gasteiger partial charge in [-0.25, -0.2) is 8.60 Å². The van der Waals surface area contributed by atoms with E-state index < -0.39 is 29.9 Å². The van der Waals surface area contributed by atoms with Crippen molar-refractivity contribution in [3.63, 3.8) is 0 Å². The van der Waals surface area contributed by atoms with E-state index in [9.17, 15) is 17.9 Å². The lowest BCUT2D eigenvalue weighted by molar-refractivity contribution is -0.122. The van der Waals surface area contributed by atoms with Crippen molar-refractivity contribution in [2.75, 3.05) is 11.0 Å². The van der Waals surface area contributed by atoms with Gasteiger partial charge in [-0.05, 0) is 24.6 Å². The first-order chi connectivity index (χ1) is 11.5. The van der Waals surface area contributed by atoms with E-state index in [2.05, 4.69) is 5.32 Å². The van der Waals surface area contributed by atoms with E-state index in [4.69, 9.17) is 0 Å². The van der Waals surface area contributed by atoms with Gasteiger partial charge in [-0.2, -0.15) is 0 Å². The largest absolute Gasteiger partial charge is 0.350 e. The number of anilines is 1. The summed E-state index contributed by atoms with van der Waals surface area (Å²) in [6.07, 6.45) is 0. The second-order valence-electron chi connectivity index (χ2n) is 5.27. The van der Waals surface area contributed by atoms with Gasteiger partial charge >= 0.3 is 0 Å². The molecule has 0 aliphatic carbocycles. The van der Waals surface area contributed by atoms with Crippen LogP contribution in [-0.2, 0) is 22.6 Å². The van der Waals surface area contributed by atoms with E-state index in [0.717, 1.165) is 15.4 Å². The Labute approximate surface area is 142 Å². The summed E-state index contributed by atoms with van der Waals surface area (Å²) < 4.78 is 35.5. The van der Waals surface area contributed by atoms with Crippen molar-refractivity contribution < 1.29 is 17.9 Å². The Kier molecular flexibility index (Phi) is 6.45. The van der Waals surface area contributed by atoms with Crippen LogP contribution in [0.3, 0.4) is 0 Å². The molecule has 1 amide bonds. The Bertz CT molecular complexity index is 695. The molecule has 0 aromatic heterocycles. The first kappa shape index (κ1) is 18.1. The number of hydrogen-bond acceptors (Lipinski definition) is 2. The molecule has 0 bridgehead atoms. The van der Waals surface area contributed by atoms with Gasteiger partial charge in [-0.1, -0.05) is 48.0 Å². The summed E-state index contributed by atoms with van der Waals surface area (Å²) in [6.45, 7) is 1.00. The van der Waals surface area contributed by atoms with Crippen LogP contribution in [0.1, 0.15) is 11.1 Å². The SMILES string of the molecule is Cc1ccc(N(C(CF)C(=O)NCc2ccccc2)S(=O)O)cc1. The van der Waals surface area contributed by atoms with Crippen molar-refractivity contribution in [2.45, 2.75) is 19.5 Å². The predicted octanol–water partition coefficient (Wildman–Crippen LogP) is 2.59. The number of amides is 1. The highest BCUT2D eigenvalue weighted by molar-refractivity contribution is 7.80. The highest BCUT2D eigenvalue weighted by Gasteiger charge is 2.30. The van der Waals surface area contributed by atoms with Gasteiger partial charge < -0.3 is 5.32 Å². The molecule has 2 atom stereocenters. The van der Waals surface area contributed by atoms with E-state index in [1.54, 1.807) is 24.3 Å². The molecule has 0 fully saturated rings. The number of carbonyl (C=O) groups excluding carboxylic acids is 1. The molecule has 2 N–H and O–H groups in total. The van der Waals surface area contributed by atoms with Gasteiger partial charge in [0.15, 0.2) is 6.04 Å². The fourth-order valence-electron chi connectivity index (χ4n) is 2.21. The fourth-order valence-corrected chi connectivity index (χ4v) is 2.88. The smallest absolute Gasteiger partial charge is 0.262 e. The van der Waals surface area contributed by atoms with E-state index in [0.29, 0.717) is 5.69 Å². The quantitative estimate of drug-likeness (QED) is 0.754. The van der Waals surface area contributed by atoms with Gasteiger partial charge in [0.25, 0.3) is 11.3 Å². The Balaban J connectivity index is 2.15. The average Bonchev–Trinajstić information content (AvgIpc) is 2.59. The van der Waals surface area contributed by atoms with E-state index in [1.165, 1.54) is 0 Å². The number of hydrogen-bond donors (Lipinski definition) is 2. The van der Waals surface area contributed by atoms with Crippen molar-refractivity contribution in [3.05, 3.63) is 65.7 Å². The van der Waals surface area contributed by atoms with E-state index in [1.807, 2.05) is 37.3 Å². The minimum Gasteiger partial charge on any atom is -0.350 e. The molecule has 2 unspecified atom stereocenters. The molecular formula is C17H19FN2O3S. The number of carbonyl (C=O) groups is 1. The zero-order chi connectivity index (χ0) is 17.5. The predicted molar refractivity (Wildman–Crippen MR) is 92.5 cm³/mol. The van der Waals surface area contributed by atoms with Crippen molar-refractivity contribution >= 4 is 22.9 Å². The maximum absolute atomic E-state index is 13.5. The average molecular weight is 350 g/mol. The molecule has 0 radical (unpaired) electrons. The second-order valence-corrected chi connectivity index (χ2v) is 6.12.